The quantitative estimate of drug-likeness (QED) is 0.279. The summed E-state index contributed by atoms with van der Waals surface area (Å²) in [6.45, 7) is 8.48. The van der Waals surface area contributed by atoms with Gasteiger partial charge in [-0.1, -0.05) is 55.5 Å². The van der Waals surface area contributed by atoms with Gasteiger partial charge in [0.2, 0.25) is 0 Å². The molecule has 6 heteroatoms. The van der Waals surface area contributed by atoms with Crippen LogP contribution in [-0.4, -0.2) is 28.9 Å². The van der Waals surface area contributed by atoms with Crippen molar-refractivity contribution in [3.8, 4) is 0 Å². The van der Waals surface area contributed by atoms with Crippen LogP contribution in [0.1, 0.15) is 42.5 Å². The van der Waals surface area contributed by atoms with Gasteiger partial charge in [0.05, 0.1) is 19.7 Å². The van der Waals surface area contributed by atoms with Crippen molar-refractivity contribution in [3.63, 3.8) is 0 Å². The van der Waals surface area contributed by atoms with E-state index in [1.165, 1.54) is 22.3 Å². The molecule has 0 saturated carbocycles. The summed E-state index contributed by atoms with van der Waals surface area (Å²) >= 11 is 0. The number of hydrogen-bond acceptors (Lipinski definition) is 3. The first-order valence-corrected chi connectivity index (χ1v) is 11.0. The van der Waals surface area contributed by atoms with E-state index in [9.17, 15) is 0 Å². The molecule has 0 bridgehead atoms. The third-order valence-corrected chi connectivity index (χ3v) is 4.93. The molecule has 3 aromatic rings. The molecule has 2 N–H and O–H groups in total. The summed E-state index contributed by atoms with van der Waals surface area (Å²) in [6.07, 6.45) is 4.82. The third-order valence-electron chi connectivity index (χ3n) is 4.93. The zero-order chi connectivity index (χ0) is 21.7. The van der Waals surface area contributed by atoms with Crippen molar-refractivity contribution < 1.29 is 4.74 Å². The molecule has 0 amide bonds. The Morgan fingerprint density at radius 1 is 0.935 bits per heavy atom. The van der Waals surface area contributed by atoms with Gasteiger partial charge in [-0.25, -0.2) is 4.99 Å². The second kappa shape index (κ2) is 12.5. The van der Waals surface area contributed by atoms with Crippen LogP contribution in [0.4, 0.5) is 0 Å². The summed E-state index contributed by atoms with van der Waals surface area (Å²) in [4.78, 5) is 4.81. The highest BCUT2D eigenvalue weighted by molar-refractivity contribution is 5.79. The van der Waals surface area contributed by atoms with Gasteiger partial charge >= 0.3 is 0 Å². The lowest BCUT2D eigenvalue weighted by molar-refractivity contribution is 0.121. The van der Waals surface area contributed by atoms with Crippen molar-refractivity contribution in [1.82, 2.24) is 20.4 Å². The van der Waals surface area contributed by atoms with Crippen LogP contribution in [-0.2, 0) is 31.0 Å². The van der Waals surface area contributed by atoms with E-state index in [1.807, 2.05) is 23.1 Å². The molecule has 0 spiro atoms. The van der Waals surface area contributed by atoms with Gasteiger partial charge in [-0.05, 0) is 41.7 Å². The SMILES string of the molecule is CCCOCc1ccccc1CN=C(NCC)NCc1ccccc1Cn1cccn1. The van der Waals surface area contributed by atoms with Crippen molar-refractivity contribution in [2.45, 2.75) is 46.5 Å². The van der Waals surface area contributed by atoms with E-state index < -0.39 is 0 Å². The van der Waals surface area contributed by atoms with Gasteiger partial charge in [0.25, 0.3) is 0 Å². The summed E-state index contributed by atoms with van der Waals surface area (Å²) in [7, 11) is 0. The van der Waals surface area contributed by atoms with Crippen LogP contribution in [0.5, 0.6) is 0 Å². The lowest BCUT2D eigenvalue weighted by Gasteiger charge is -2.15. The number of nitrogens with zero attached hydrogens (tertiary/aromatic N) is 3. The molecule has 0 saturated heterocycles. The predicted octanol–water partition coefficient (Wildman–Crippen LogP) is 4.11. The summed E-state index contributed by atoms with van der Waals surface area (Å²) in [5, 5.41) is 11.2. The van der Waals surface area contributed by atoms with Crippen LogP contribution in [0, 0.1) is 0 Å². The first kappa shape index (κ1) is 22.6. The average molecular weight is 420 g/mol. The van der Waals surface area contributed by atoms with Crippen LogP contribution >= 0.6 is 0 Å². The van der Waals surface area contributed by atoms with Crippen LogP contribution in [0.25, 0.3) is 0 Å². The lowest BCUT2D eigenvalue weighted by Crippen LogP contribution is -2.37. The zero-order valence-electron chi connectivity index (χ0n) is 18.6. The van der Waals surface area contributed by atoms with Gasteiger partial charge < -0.3 is 15.4 Å². The second-order valence-electron chi connectivity index (χ2n) is 7.34. The fraction of sp³-hybridized carbons (Fsp3) is 0.360. The molecule has 0 radical (unpaired) electrons. The standard InChI is InChI=1S/C25H33N5O/c1-3-16-31-20-24-13-8-6-11-22(24)18-28-25(26-4-2)27-17-21-10-5-7-12-23(21)19-30-15-9-14-29-30/h5-15H,3-4,16-20H2,1-2H3,(H2,26,27,28). The van der Waals surface area contributed by atoms with E-state index in [0.717, 1.165) is 32.1 Å². The number of ether oxygens (including phenoxy) is 1. The highest BCUT2D eigenvalue weighted by atomic mass is 16.5. The van der Waals surface area contributed by atoms with Crippen LogP contribution < -0.4 is 10.6 Å². The smallest absolute Gasteiger partial charge is 0.191 e. The van der Waals surface area contributed by atoms with E-state index in [0.29, 0.717) is 19.7 Å². The van der Waals surface area contributed by atoms with Crippen LogP contribution in [0.15, 0.2) is 72.0 Å². The van der Waals surface area contributed by atoms with Gasteiger partial charge in [-0.15, -0.1) is 0 Å². The van der Waals surface area contributed by atoms with Crippen LogP contribution in [0.2, 0.25) is 0 Å². The molecule has 31 heavy (non-hydrogen) atoms. The number of nitrogens with one attached hydrogen (secondary N) is 2. The first-order chi connectivity index (χ1) is 15.3. The Balaban J connectivity index is 1.65. The van der Waals surface area contributed by atoms with E-state index in [4.69, 9.17) is 9.73 Å². The normalized spacial score (nSPS) is 11.5. The van der Waals surface area contributed by atoms with Gasteiger partial charge in [0, 0.05) is 32.1 Å². The van der Waals surface area contributed by atoms with E-state index in [1.54, 1.807) is 0 Å². The monoisotopic (exact) mass is 419 g/mol. The van der Waals surface area contributed by atoms with E-state index >= 15 is 0 Å². The van der Waals surface area contributed by atoms with E-state index in [-0.39, 0.29) is 0 Å². The van der Waals surface area contributed by atoms with E-state index in [2.05, 4.69) is 78.1 Å². The minimum absolute atomic E-state index is 0.607. The summed E-state index contributed by atoms with van der Waals surface area (Å²) in [5.41, 5.74) is 4.86. The molecular formula is C25H33N5O. The Labute approximate surface area is 185 Å². The molecule has 164 valence electrons. The topological polar surface area (TPSA) is 63.5 Å². The number of aliphatic imine (C=N–C) groups is 1. The molecule has 0 aliphatic rings. The zero-order valence-corrected chi connectivity index (χ0v) is 18.6. The number of rotatable bonds is 11. The summed E-state index contributed by atoms with van der Waals surface area (Å²) in [6, 6.07) is 18.7. The van der Waals surface area contributed by atoms with Gasteiger partial charge in [0.15, 0.2) is 5.96 Å². The largest absolute Gasteiger partial charge is 0.377 e. The maximum Gasteiger partial charge on any atom is 0.191 e. The Morgan fingerprint density at radius 2 is 1.68 bits per heavy atom. The highest BCUT2D eigenvalue weighted by Gasteiger charge is 2.06. The lowest BCUT2D eigenvalue weighted by atomic mass is 10.1. The van der Waals surface area contributed by atoms with Crippen molar-refractivity contribution in [2.75, 3.05) is 13.2 Å². The first-order valence-electron chi connectivity index (χ1n) is 11.0. The number of benzene rings is 2. The molecule has 1 heterocycles. The predicted molar refractivity (Wildman–Crippen MR) is 126 cm³/mol. The molecule has 0 aliphatic carbocycles. The number of hydrogen-bond donors (Lipinski definition) is 2. The molecule has 0 aliphatic heterocycles. The van der Waals surface area contributed by atoms with Crippen molar-refractivity contribution in [1.29, 1.82) is 0 Å². The third kappa shape index (κ3) is 7.26. The van der Waals surface area contributed by atoms with Crippen molar-refractivity contribution in [3.05, 3.63) is 89.2 Å². The molecule has 0 atom stereocenters. The van der Waals surface area contributed by atoms with Crippen molar-refractivity contribution >= 4 is 5.96 Å². The van der Waals surface area contributed by atoms with Gasteiger partial charge in [-0.2, -0.15) is 5.10 Å². The molecule has 3 rings (SSSR count). The Bertz CT molecular complexity index is 937. The molecular weight excluding hydrogens is 386 g/mol. The molecule has 0 fully saturated rings. The Hall–Kier alpha value is -3.12. The maximum atomic E-state index is 5.74. The van der Waals surface area contributed by atoms with Crippen LogP contribution in [0.3, 0.4) is 0 Å². The average Bonchev–Trinajstić information content (AvgIpc) is 3.31. The minimum Gasteiger partial charge on any atom is -0.377 e. The Morgan fingerprint density at radius 3 is 2.39 bits per heavy atom. The van der Waals surface area contributed by atoms with Gasteiger partial charge in [0.1, 0.15) is 0 Å². The second-order valence-corrected chi connectivity index (χ2v) is 7.34. The molecule has 2 aromatic carbocycles. The highest BCUT2D eigenvalue weighted by Crippen LogP contribution is 2.13. The number of guanidine groups is 1. The van der Waals surface area contributed by atoms with Gasteiger partial charge in [-0.3, -0.25) is 4.68 Å². The number of aromatic nitrogens is 2. The molecule has 6 nitrogen and oxygen atoms in total. The van der Waals surface area contributed by atoms with Crippen molar-refractivity contribution in [2.24, 2.45) is 4.99 Å². The Kier molecular flexibility index (Phi) is 9.13. The summed E-state index contributed by atoms with van der Waals surface area (Å²) < 4.78 is 7.68. The maximum absolute atomic E-state index is 5.74. The molecule has 0 unspecified atom stereocenters. The molecule has 1 aromatic heterocycles. The summed E-state index contributed by atoms with van der Waals surface area (Å²) in [5.74, 6) is 0.806. The fourth-order valence-electron chi connectivity index (χ4n) is 3.32. The minimum atomic E-state index is 0.607. The fourth-order valence-corrected chi connectivity index (χ4v) is 3.32.